The molecule has 5 rings (SSSR count). The zero-order valence-electron chi connectivity index (χ0n) is 14.3. The summed E-state index contributed by atoms with van der Waals surface area (Å²) in [6, 6.07) is 5.64. The maximum Gasteiger partial charge on any atom is 0.248 e. The predicted octanol–water partition coefficient (Wildman–Crippen LogP) is 3.72. The summed E-state index contributed by atoms with van der Waals surface area (Å²) in [6.07, 6.45) is 2.05. The lowest BCUT2D eigenvalue weighted by molar-refractivity contribution is -0.142. The summed E-state index contributed by atoms with van der Waals surface area (Å²) in [7, 11) is 1.84. The predicted molar refractivity (Wildman–Crippen MR) is 97.5 cm³/mol. The number of alkyl halides is 2. The summed E-state index contributed by atoms with van der Waals surface area (Å²) in [5, 5.41) is 16.0. The Morgan fingerprint density at radius 3 is 2.89 bits per heavy atom. The summed E-state index contributed by atoms with van der Waals surface area (Å²) in [4.78, 5) is 14.0. The molecule has 0 amide bonds. The van der Waals surface area contributed by atoms with Gasteiger partial charge in [0.05, 0.1) is 5.69 Å². The number of aliphatic hydroxyl groups is 1. The minimum absolute atomic E-state index is 0.292. The average molecular weight is 387 g/mol. The molecule has 1 saturated carbocycles. The number of nitrogens with zero attached hydrogens (tertiary/aromatic N) is 5. The largest absolute Gasteiger partial charge is 0.386 e. The number of pyridine rings is 2. The second-order valence-corrected chi connectivity index (χ2v) is 7.99. The maximum atomic E-state index is 13.1. The van der Waals surface area contributed by atoms with Crippen LogP contribution in [0.4, 0.5) is 8.78 Å². The van der Waals surface area contributed by atoms with Crippen LogP contribution in [0, 0.1) is 5.92 Å². The Morgan fingerprint density at radius 1 is 1.30 bits per heavy atom. The van der Waals surface area contributed by atoms with Gasteiger partial charge in [0.1, 0.15) is 21.5 Å². The molecule has 138 valence electrons. The van der Waals surface area contributed by atoms with Crippen molar-refractivity contribution in [3.8, 4) is 11.3 Å². The molecule has 0 bridgehead atoms. The molecule has 6 nitrogen and oxygen atoms in total. The molecule has 4 heterocycles. The van der Waals surface area contributed by atoms with Crippen molar-refractivity contribution >= 4 is 32.7 Å². The number of thiazole rings is 1. The lowest BCUT2D eigenvalue weighted by Gasteiger charge is -2.37. The first-order valence-corrected chi connectivity index (χ1v) is 9.33. The monoisotopic (exact) mass is 387 g/mol. The van der Waals surface area contributed by atoms with E-state index >= 15 is 0 Å². The first kappa shape index (κ1) is 16.6. The number of aryl methyl sites for hydroxylation is 1. The highest BCUT2D eigenvalue weighted by Gasteiger charge is 2.49. The van der Waals surface area contributed by atoms with Crippen molar-refractivity contribution in [3.63, 3.8) is 0 Å². The lowest BCUT2D eigenvalue weighted by Crippen LogP contribution is -2.38. The van der Waals surface area contributed by atoms with Crippen LogP contribution in [-0.4, -0.2) is 35.8 Å². The van der Waals surface area contributed by atoms with E-state index < -0.39 is 17.9 Å². The Kier molecular flexibility index (Phi) is 3.54. The van der Waals surface area contributed by atoms with Gasteiger partial charge < -0.3 is 5.11 Å². The van der Waals surface area contributed by atoms with E-state index in [0.29, 0.717) is 21.0 Å². The van der Waals surface area contributed by atoms with Crippen molar-refractivity contribution in [1.82, 2.24) is 24.7 Å². The minimum atomic E-state index is -2.66. The second kappa shape index (κ2) is 5.74. The fraction of sp³-hybridized carbons (Fsp3) is 0.333. The number of rotatable bonds is 3. The first-order valence-electron chi connectivity index (χ1n) is 8.51. The zero-order valence-corrected chi connectivity index (χ0v) is 15.1. The molecule has 0 saturated heterocycles. The van der Waals surface area contributed by atoms with Crippen LogP contribution in [0.15, 0.2) is 30.6 Å². The SMILES string of the molecule is Cn1cc2cc(-c3ccc4nc([C@@H](O)C5CC(F)(F)C5)sc4n3)cnc2n1. The summed E-state index contributed by atoms with van der Waals surface area (Å²) in [5.41, 5.74) is 2.91. The van der Waals surface area contributed by atoms with Crippen molar-refractivity contribution in [2.75, 3.05) is 0 Å². The van der Waals surface area contributed by atoms with Gasteiger partial charge in [0.15, 0.2) is 5.65 Å². The normalized spacial score (nSPS) is 18.1. The summed E-state index contributed by atoms with van der Waals surface area (Å²) in [5.74, 6) is -3.11. The molecule has 0 spiro atoms. The van der Waals surface area contributed by atoms with Crippen molar-refractivity contribution in [2.45, 2.75) is 24.9 Å². The van der Waals surface area contributed by atoms with E-state index in [-0.39, 0.29) is 12.8 Å². The van der Waals surface area contributed by atoms with Crippen molar-refractivity contribution in [3.05, 3.63) is 35.6 Å². The maximum absolute atomic E-state index is 13.1. The third-order valence-electron chi connectivity index (χ3n) is 4.86. The Bertz CT molecular complexity index is 1160. The average Bonchev–Trinajstić information content (AvgIpc) is 3.19. The quantitative estimate of drug-likeness (QED) is 0.580. The van der Waals surface area contributed by atoms with Crippen LogP contribution in [0.3, 0.4) is 0 Å². The standard InChI is InChI=1S/C18H15F2N5OS/c1-25-8-10-4-9(7-21-15(10)24-25)12-2-3-13-16(22-12)27-17(23-13)14(26)11-5-18(19,20)6-11/h2-4,7-8,11,14,26H,5-6H2,1H3/t14-/m0/s1. The zero-order chi connectivity index (χ0) is 18.8. The van der Waals surface area contributed by atoms with Gasteiger partial charge in [-0.2, -0.15) is 5.10 Å². The van der Waals surface area contributed by atoms with E-state index in [1.807, 2.05) is 31.4 Å². The van der Waals surface area contributed by atoms with Gasteiger partial charge in [0, 0.05) is 49.2 Å². The molecule has 1 fully saturated rings. The molecule has 1 aliphatic rings. The van der Waals surface area contributed by atoms with Crippen LogP contribution >= 0.6 is 11.3 Å². The summed E-state index contributed by atoms with van der Waals surface area (Å²) >= 11 is 1.25. The molecular formula is C18H15F2N5OS. The van der Waals surface area contributed by atoms with Crippen LogP contribution < -0.4 is 0 Å². The molecule has 9 heteroatoms. The highest BCUT2D eigenvalue weighted by molar-refractivity contribution is 7.18. The van der Waals surface area contributed by atoms with Gasteiger partial charge in [0.2, 0.25) is 5.92 Å². The van der Waals surface area contributed by atoms with E-state index in [9.17, 15) is 13.9 Å². The van der Waals surface area contributed by atoms with Crippen LogP contribution in [0.1, 0.15) is 24.0 Å². The number of hydrogen-bond donors (Lipinski definition) is 1. The molecular weight excluding hydrogens is 372 g/mol. The molecule has 27 heavy (non-hydrogen) atoms. The lowest BCUT2D eigenvalue weighted by atomic mass is 9.78. The van der Waals surface area contributed by atoms with E-state index in [0.717, 1.165) is 16.6 Å². The molecule has 1 atom stereocenters. The number of hydrogen-bond acceptors (Lipinski definition) is 6. The molecule has 4 aromatic heterocycles. The molecule has 1 N–H and O–H groups in total. The van der Waals surface area contributed by atoms with Crippen LogP contribution in [-0.2, 0) is 7.05 Å². The highest BCUT2D eigenvalue weighted by atomic mass is 32.1. The Labute approximate surface area is 156 Å². The molecule has 0 unspecified atom stereocenters. The number of aromatic nitrogens is 5. The smallest absolute Gasteiger partial charge is 0.248 e. The molecule has 0 aromatic carbocycles. The Balaban J connectivity index is 1.47. The molecule has 4 aromatic rings. The van der Waals surface area contributed by atoms with E-state index in [4.69, 9.17) is 0 Å². The summed E-state index contributed by atoms with van der Waals surface area (Å²) in [6.45, 7) is 0. The molecule has 0 aliphatic heterocycles. The van der Waals surface area contributed by atoms with Crippen LogP contribution in [0.5, 0.6) is 0 Å². The van der Waals surface area contributed by atoms with Crippen LogP contribution in [0.2, 0.25) is 0 Å². The van der Waals surface area contributed by atoms with E-state index in [2.05, 4.69) is 20.1 Å². The fourth-order valence-corrected chi connectivity index (χ4v) is 4.44. The highest BCUT2D eigenvalue weighted by Crippen LogP contribution is 2.49. The van der Waals surface area contributed by atoms with Crippen molar-refractivity contribution in [2.24, 2.45) is 13.0 Å². The van der Waals surface area contributed by atoms with Gasteiger partial charge in [-0.25, -0.2) is 23.7 Å². The van der Waals surface area contributed by atoms with Gasteiger partial charge in [-0.1, -0.05) is 11.3 Å². The fourth-order valence-electron chi connectivity index (χ4n) is 3.43. The molecule has 0 radical (unpaired) electrons. The first-order chi connectivity index (χ1) is 12.9. The van der Waals surface area contributed by atoms with Gasteiger partial charge in [-0.3, -0.25) is 4.68 Å². The van der Waals surface area contributed by atoms with Crippen molar-refractivity contribution in [1.29, 1.82) is 0 Å². The third-order valence-corrected chi connectivity index (χ3v) is 5.90. The number of halogens is 2. The van der Waals surface area contributed by atoms with Crippen LogP contribution in [0.25, 0.3) is 32.6 Å². The second-order valence-electron chi connectivity index (χ2n) is 6.98. The van der Waals surface area contributed by atoms with Crippen molar-refractivity contribution < 1.29 is 13.9 Å². The Hall–Kier alpha value is -2.52. The summed E-state index contributed by atoms with van der Waals surface area (Å²) < 4.78 is 27.8. The Morgan fingerprint density at radius 2 is 2.11 bits per heavy atom. The van der Waals surface area contributed by atoms with Gasteiger partial charge in [-0.05, 0) is 18.2 Å². The van der Waals surface area contributed by atoms with E-state index in [1.54, 1.807) is 10.9 Å². The van der Waals surface area contributed by atoms with Gasteiger partial charge in [-0.15, -0.1) is 0 Å². The third kappa shape index (κ3) is 2.87. The van der Waals surface area contributed by atoms with Gasteiger partial charge in [0.25, 0.3) is 0 Å². The minimum Gasteiger partial charge on any atom is -0.386 e. The number of fused-ring (bicyclic) bond motifs is 2. The topological polar surface area (TPSA) is 76.7 Å². The molecule has 1 aliphatic carbocycles. The van der Waals surface area contributed by atoms with Gasteiger partial charge >= 0.3 is 0 Å². The van der Waals surface area contributed by atoms with E-state index in [1.165, 1.54) is 11.3 Å². The number of aliphatic hydroxyl groups excluding tert-OH is 1.